The zero-order valence-electron chi connectivity index (χ0n) is 14.7. The minimum Gasteiger partial charge on any atom is -0.463 e. The van der Waals surface area contributed by atoms with Crippen molar-refractivity contribution in [1.82, 2.24) is 0 Å². The average molecular weight is 419 g/mol. The lowest BCUT2D eigenvalue weighted by atomic mass is 9.94. The Kier molecular flexibility index (Phi) is 5.90. The summed E-state index contributed by atoms with van der Waals surface area (Å²) >= 11 is 5.97. The summed E-state index contributed by atoms with van der Waals surface area (Å²) in [6.45, 7) is 2.43. The van der Waals surface area contributed by atoms with E-state index in [2.05, 4.69) is 0 Å². The van der Waals surface area contributed by atoms with Gasteiger partial charge in [0.15, 0.2) is 15.6 Å². The Morgan fingerprint density at radius 2 is 2.07 bits per heavy atom. The van der Waals surface area contributed by atoms with Gasteiger partial charge >= 0.3 is 5.97 Å². The van der Waals surface area contributed by atoms with Gasteiger partial charge in [0.05, 0.1) is 36.4 Å². The number of carbonyl (C=O) groups is 1. The van der Waals surface area contributed by atoms with Gasteiger partial charge in [-0.2, -0.15) is 0 Å². The van der Waals surface area contributed by atoms with E-state index >= 15 is 0 Å². The number of hydrogen-bond acceptors (Lipinski definition) is 6. The normalized spacial score (nSPS) is 21.9. The zero-order valence-corrected chi connectivity index (χ0v) is 16.3. The molecular weight excluding hydrogens is 399 g/mol. The van der Waals surface area contributed by atoms with E-state index < -0.39 is 38.4 Å². The van der Waals surface area contributed by atoms with Crippen molar-refractivity contribution in [3.63, 3.8) is 0 Å². The predicted molar refractivity (Wildman–Crippen MR) is 96.4 cm³/mol. The summed E-state index contributed by atoms with van der Waals surface area (Å²) in [4.78, 5) is 12.4. The van der Waals surface area contributed by atoms with Crippen molar-refractivity contribution < 1.29 is 31.8 Å². The molecule has 1 fully saturated rings. The molecule has 0 aromatic heterocycles. The van der Waals surface area contributed by atoms with Gasteiger partial charge in [-0.3, -0.25) is 0 Å². The van der Waals surface area contributed by atoms with Crippen LogP contribution in [0.15, 0.2) is 29.8 Å². The van der Waals surface area contributed by atoms with E-state index in [0.29, 0.717) is 13.2 Å². The molecule has 1 heterocycles. The Morgan fingerprint density at radius 3 is 2.70 bits per heavy atom. The lowest BCUT2D eigenvalue weighted by Gasteiger charge is -2.33. The molecule has 6 nitrogen and oxygen atoms in total. The van der Waals surface area contributed by atoms with Crippen LogP contribution >= 0.6 is 11.6 Å². The summed E-state index contributed by atoms with van der Waals surface area (Å²) in [5.74, 6) is -3.18. The van der Waals surface area contributed by atoms with Gasteiger partial charge in [-0.1, -0.05) is 17.7 Å². The summed E-state index contributed by atoms with van der Waals surface area (Å²) in [5.41, 5.74) is -0.159. The van der Waals surface area contributed by atoms with E-state index in [1.165, 1.54) is 18.2 Å². The first-order chi connectivity index (χ1) is 12.8. The van der Waals surface area contributed by atoms with Gasteiger partial charge in [0, 0.05) is 17.0 Å². The van der Waals surface area contributed by atoms with Gasteiger partial charge in [-0.25, -0.2) is 17.6 Å². The van der Waals surface area contributed by atoms with Gasteiger partial charge in [-0.05, 0) is 31.6 Å². The van der Waals surface area contributed by atoms with Crippen LogP contribution in [0.2, 0.25) is 5.02 Å². The third-order valence-electron chi connectivity index (χ3n) is 4.61. The van der Waals surface area contributed by atoms with Crippen LogP contribution in [0.25, 0.3) is 0 Å². The molecule has 9 heteroatoms. The lowest BCUT2D eigenvalue weighted by molar-refractivity contribution is -0.143. The van der Waals surface area contributed by atoms with Crippen LogP contribution < -0.4 is 0 Å². The minimum absolute atomic E-state index is 0.0231. The summed E-state index contributed by atoms with van der Waals surface area (Å²) in [7, 11) is -3.94. The lowest BCUT2D eigenvalue weighted by Crippen LogP contribution is -2.41. The fourth-order valence-corrected chi connectivity index (χ4v) is 5.57. The zero-order chi connectivity index (χ0) is 19.7. The van der Waals surface area contributed by atoms with Crippen LogP contribution in [0.1, 0.15) is 25.3 Å². The smallest absolute Gasteiger partial charge is 0.335 e. The molecule has 0 saturated carbocycles. The second-order valence-electron chi connectivity index (χ2n) is 6.36. The van der Waals surface area contributed by atoms with E-state index in [4.69, 9.17) is 25.8 Å². The molecule has 27 heavy (non-hydrogen) atoms. The largest absolute Gasteiger partial charge is 0.463 e. The first-order valence-corrected chi connectivity index (χ1v) is 10.7. The summed E-state index contributed by atoms with van der Waals surface area (Å²) in [6, 6.07) is 3.97. The Hall–Kier alpha value is -1.48. The van der Waals surface area contributed by atoms with E-state index in [9.17, 15) is 17.6 Å². The van der Waals surface area contributed by atoms with Gasteiger partial charge in [-0.15, -0.1) is 0 Å². The third-order valence-corrected chi connectivity index (χ3v) is 7.01. The van der Waals surface area contributed by atoms with Crippen molar-refractivity contribution in [3.8, 4) is 0 Å². The Bertz CT molecular complexity index is 840. The van der Waals surface area contributed by atoms with Gasteiger partial charge in [0.2, 0.25) is 0 Å². The fraction of sp³-hybridized carbons (Fsp3) is 0.500. The summed E-state index contributed by atoms with van der Waals surface area (Å²) in [6.07, 6.45) is 1.76. The minimum atomic E-state index is -3.94. The molecule has 0 N–H and O–H groups in total. The highest BCUT2D eigenvalue weighted by atomic mass is 35.5. The van der Waals surface area contributed by atoms with Gasteiger partial charge < -0.3 is 14.2 Å². The molecule has 2 aliphatic rings. The van der Waals surface area contributed by atoms with Crippen LogP contribution in [0.4, 0.5) is 4.39 Å². The van der Waals surface area contributed by atoms with Crippen molar-refractivity contribution in [2.45, 2.75) is 36.6 Å². The Balaban J connectivity index is 1.96. The molecule has 1 aliphatic carbocycles. The van der Waals surface area contributed by atoms with E-state index in [1.54, 1.807) is 6.92 Å². The highest BCUT2D eigenvalue weighted by molar-refractivity contribution is 7.91. The molecule has 0 amide bonds. The van der Waals surface area contributed by atoms with Crippen LogP contribution in [-0.4, -0.2) is 45.2 Å². The van der Waals surface area contributed by atoms with Gasteiger partial charge in [0.25, 0.3) is 0 Å². The topological polar surface area (TPSA) is 78.9 Å². The van der Waals surface area contributed by atoms with Crippen LogP contribution in [0.3, 0.4) is 0 Å². The second-order valence-corrected chi connectivity index (χ2v) is 8.95. The SMILES string of the molecule is CCOC(=O)C1=CC2(CCC1S(=O)(=O)Cc1c(F)cccc1Cl)OCCO2. The fourth-order valence-electron chi connectivity index (χ4n) is 3.34. The quantitative estimate of drug-likeness (QED) is 0.684. The molecule has 1 aliphatic heterocycles. The maximum atomic E-state index is 14.1. The number of benzene rings is 1. The highest BCUT2D eigenvalue weighted by Crippen LogP contribution is 2.38. The summed E-state index contributed by atoms with van der Waals surface area (Å²) < 4.78 is 56.3. The molecular formula is C18H20ClFO6S. The second kappa shape index (κ2) is 7.87. The van der Waals surface area contributed by atoms with Crippen LogP contribution in [0, 0.1) is 5.82 Å². The van der Waals surface area contributed by atoms with Crippen molar-refractivity contribution in [2.24, 2.45) is 0 Å². The predicted octanol–water partition coefficient (Wildman–Crippen LogP) is 2.79. The number of ether oxygens (including phenoxy) is 3. The van der Waals surface area contributed by atoms with Crippen LogP contribution in [-0.2, 0) is 34.6 Å². The van der Waals surface area contributed by atoms with E-state index in [1.807, 2.05) is 0 Å². The molecule has 0 bridgehead atoms. The molecule has 148 valence electrons. The van der Waals surface area contributed by atoms with Crippen molar-refractivity contribution in [3.05, 3.63) is 46.3 Å². The third kappa shape index (κ3) is 4.18. The molecule has 1 unspecified atom stereocenters. The van der Waals surface area contributed by atoms with Gasteiger partial charge in [0.1, 0.15) is 5.82 Å². The Labute approximate surface area is 162 Å². The number of halogens is 2. The molecule has 1 atom stereocenters. The standard InChI is InChI=1S/C18H20ClFO6S/c1-2-24-17(21)12-10-18(25-8-9-26-18)7-6-16(12)27(22,23)11-13-14(19)4-3-5-15(13)20/h3-5,10,16H,2,6-9,11H2,1H3. The monoisotopic (exact) mass is 418 g/mol. The number of esters is 1. The first kappa shape index (κ1) is 20.3. The molecule has 1 aromatic rings. The number of carbonyl (C=O) groups excluding carboxylic acids is 1. The number of hydrogen-bond donors (Lipinski definition) is 0. The Morgan fingerprint density at radius 1 is 1.37 bits per heavy atom. The van der Waals surface area contributed by atoms with Crippen molar-refractivity contribution in [1.29, 1.82) is 0 Å². The molecule has 3 rings (SSSR count). The molecule has 0 radical (unpaired) electrons. The van der Waals surface area contributed by atoms with E-state index in [-0.39, 0.29) is 35.6 Å². The maximum absolute atomic E-state index is 14.1. The molecule has 1 saturated heterocycles. The van der Waals surface area contributed by atoms with Crippen LogP contribution in [0.5, 0.6) is 0 Å². The number of rotatable bonds is 5. The van der Waals surface area contributed by atoms with Crippen molar-refractivity contribution in [2.75, 3.05) is 19.8 Å². The number of sulfone groups is 1. The first-order valence-electron chi connectivity index (χ1n) is 8.60. The van der Waals surface area contributed by atoms with E-state index in [0.717, 1.165) is 6.07 Å². The maximum Gasteiger partial charge on any atom is 0.335 e. The summed E-state index contributed by atoms with van der Waals surface area (Å²) in [5, 5.41) is -1.12. The van der Waals surface area contributed by atoms with Crippen molar-refractivity contribution >= 4 is 27.4 Å². The average Bonchev–Trinajstić information content (AvgIpc) is 3.06. The molecule has 1 spiro atoms. The molecule has 1 aromatic carbocycles. The highest BCUT2D eigenvalue weighted by Gasteiger charge is 2.46.